The summed E-state index contributed by atoms with van der Waals surface area (Å²) >= 11 is 3.44. The van der Waals surface area contributed by atoms with Crippen LogP contribution in [0.2, 0.25) is 0 Å². The van der Waals surface area contributed by atoms with E-state index in [1.807, 2.05) is 24.4 Å². The van der Waals surface area contributed by atoms with Gasteiger partial charge in [-0.1, -0.05) is 15.9 Å². The van der Waals surface area contributed by atoms with E-state index in [2.05, 4.69) is 26.1 Å². The zero-order valence-electron chi connectivity index (χ0n) is 12.8. The number of rotatable bonds is 2. The minimum atomic E-state index is -0.271. The molecule has 0 saturated carbocycles. The number of nitrogens with one attached hydrogen (secondary N) is 1. The van der Waals surface area contributed by atoms with Gasteiger partial charge in [-0.2, -0.15) is 0 Å². The van der Waals surface area contributed by atoms with Crippen molar-refractivity contribution in [3.8, 4) is 0 Å². The second-order valence-electron chi connectivity index (χ2n) is 5.41. The third-order valence-electron chi connectivity index (χ3n) is 3.92. The van der Waals surface area contributed by atoms with E-state index in [1.165, 1.54) is 0 Å². The van der Waals surface area contributed by atoms with Gasteiger partial charge in [-0.05, 0) is 25.1 Å². The molecule has 0 unspecified atom stereocenters. The van der Waals surface area contributed by atoms with Gasteiger partial charge in [-0.15, -0.1) is 0 Å². The zero-order chi connectivity index (χ0) is 16.4. The molecular formula is C16H18BrN3O3. The summed E-state index contributed by atoms with van der Waals surface area (Å²) in [6.45, 7) is 4.73. The van der Waals surface area contributed by atoms with Crippen LogP contribution in [0, 0.1) is 0 Å². The third kappa shape index (κ3) is 3.34. The van der Waals surface area contributed by atoms with Crippen LogP contribution in [0.4, 0.5) is 10.5 Å². The van der Waals surface area contributed by atoms with Crippen LogP contribution in [0.15, 0.2) is 28.9 Å². The lowest BCUT2D eigenvalue weighted by atomic mass is 10.1. The number of amides is 2. The van der Waals surface area contributed by atoms with Gasteiger partial charge in [0.2, 0.25) is 0 Å². The maximum atomic E-state index is 12.2. The summed E-state index contributed by atoms with van der Waals surface area (Å²) in [7, 11) is 0. The highest BCUT2D eigenvalue weighted by Crippen LogP contribution is 2.34. The molecule has 2 aliphatic heterocycles. The number of halogens is 1. The minimum Gasteiger partial charge on any atom is -0.450 e. The Morgan fingerprint density at radius 1 is 1.35 bits per heavy atom. The zero-order valence-corrected chi connectivity index (χ0v) is 14.4. The standard InChI is InChI=1S/C16H18BrN3O3/c1-2-23-16(22)20-7-5-19(6-8-20)10-13-12-9-11(17)3-4-14(12)18-15(13)21/h3-4,9-10H,2,5-8H2,1H3,(H,18,21)/b13-10+. The molecule has 0 aliphatic carbocycles. The van der Waals surface area contributed by atoms with Gasteiger partial charge >= 0.3 is 6.09 Å². The molecule has 23 heavy (non-hydrogen) atoms. The molecule has 0 bridgehead atoms. The summed E-state index contributed by atoms with van der Waals surface area (Å²) < 4.78 is 5.95. The van der Waals surface area contributed by atoms with E-state index < -0.39 is 0 Å². The molecule has 1 fully saturated rings. The van der Waals surface area contributed by atoms with Crippen LogP contribution in [0.3, 0.4) is 0 Å². The topological polar surface area (TPSA) is 61.9 Å². The van der Waals surface area contributed by atoms with Crippen molar-refractivity contribution in [1.82, 2.24) is 9.80 Å². The number of anilines is 1. The van der Waals surface area contributed by atoms with Crippen LogP contribution in [-0.4, -0.2) is 54.6 Å². The monoisotopic (exact) mass is 379 g/mol. The third-order valence-corrected chi connectivity index (χ3v) is 4.41. The molecule has 1 N–H and O–H groups in total. The van der Waals surface area contributed by atoms with E-state index in [0.29, 0.717) is 38.4 Å². The summed E-state index contributed by atoms with van der Waals surface area (Å²) in [5, 5.41) is 2.87. The first-order valence-electron chi connectivity index (χ1n) is 7.57. The van der Waals surface area contributed by atoms with Crippen molar-refractivity contribution in [3.63, 3.8) is 0 Å². The van der Waals surface area contributed by atoms with Gasteiger partial charge in [0.15, 0.2) is 0 Å². The molecule has 2 heterocycles. The van der Waals surface area contributed by atoms with Crippen molar-refractivity contribution in [2.75, 3.05) is 38.1 Å². The average molecular weight is 380 g/mol. The quantitative estimate of drug-likeness (QED) is 0.801. The maximum absolute atomic E-state index is 12.2. The maximum Gasteiger partial charge on any atom is 0.409 e. The van der Waals surface area contributed by atoms with Crippen LogP contribution < -0.4 is 5.32 Å². The molecule has 6 nitrogen and oxygen atoms in total. The number of hydrogen-bond acceptors (Lipinski definition) is 4. The molecule has 0 spiro atoms. The van der Waals surface area contributed by atoms with Crippen molar-refractivity contribution < 1.29 is 14.3 Å². The molecule has 1 aromatic rings. The van der Waals surface area contributed by atoms with Crippen LogP contribution in [-0.2, 0) is 9.53 Å². The van der Waals surface area contributed by atoms with Gasteiger partial charge in [-0.25, -0.2) is 4.79 Å². The minimum absolute atomic E-state index is 0.0917. The van der Waals surface area contributed by atoms with E-state index in [-0.39, 0.29) is 12.0 Å². The second kappa shape index (κ2) is 6.62. The predicted molar refractivity (Wildman–Crippen MR) is 90.9 cm³/mol. The molecule has 1 aromatic carbocycles. The van der Waals surface area contributed by atoms with E-state index in [1.54, 1.807) is 11.8 Å². The molecule has 3 rings (SSSR count). The number of ether oxygens (including phenoxy) is 1. The average Bonchev–Trinajstić information content (AvgIpc) is 2.84. The number of hydrogen-bond donors (Lipinski definition) is 1. The summed E-state index contributed by atoms with van der Waals surface area (Å²) in [6, 6.07) is 5.73. The Morgan fingerprint density at radius 2 is 2.09 bits per heavy atom. The van der Waals surface area contributed by atoms with Crippen molar-refractivity contribution in [2.24, 2.45) is 0 Å². The van der Waals surface area contributed by atoms with Crippen LogP contribution >= 0.6 is 15.9 Å². The molecule has 0 radical (unpaired) electrons. The van der Waals surface area contributed by atoms with E-state index >= 15 is 0 Å². The Bertz CT molecular complexity index is 667. The van der Waals surface area contributed by atoms with Crippen molar-refractivity contribution in [1.29, 1.82) is 0 Å². The Hall–Kier alpha value is -2.02. The lowest BCUT2D eigenvalue weighted by molar-refractivity contribution is -0.110. The smallest absolute Gasteiger partial charge is 0.409 e. The number of fused-ring (bicyclic) bond motifs is 1. The van der Waals surface area contributed by atoms with Crippen LogP contribution in [0.5, 0.6) is 0 Å². The highest BCUT2D eigenvalue weighted by Gasteiger charge is 2.26. The largest absolute Gasteiger partial charge is 0.450 e. The van der Waals surface area contributed by atoms with Gasteiger partial charge in [0.25, 0.3) is 5.91 Å². The molecular weight excluding hydrogens is 362 g/mol. The summed E-state index contributed by atoms with van der Waals surface area (Å²) in [5.41, 5.74) is 2.39. The highest BCUT2D eigenvalue weighted by atomic mass is 79.9. The highest BCUT2D eigenvalue weighted by molar-refractivity contribution is 9.10. The predicted octanol–water partition coefficient (Wildman–Crippen LogP) is 2.52. The SMILES string of the molecule is CCOC(=O)N1CCN(/C=C2/C(=O)Nc3ccc(Br)cc32)CC1. The number of carbonyl (C=O) groups is 2. The fraction of sp³-hybridized carbons (Fsp3) is 0.375. The summed E-state index contributed by atoms with van der Waals surface area (Å²) in [6.07, 6.45) is 1.61. The Kier molecular flexibility index (Phi) is 4.56. The normalized spacial score (nSPS) is 18.9. The Balaban J connectivity index is 1.71. The van der Waals surface area contributed by atoms with Gasteiger partial charge < -0.3 is 19.9 Å². The number of benzene rings is 1. The number of carbonyl (C=O) groups excluding carboxylic acids is 2. The number of nitrogens with zero attached hydrogens (tertiary/aromatic N) is 2. The fourth-order valence-electron chi connectivity index (χ4n) is 2.72. The van der Waals surface area contributed by atoms with Crippen LogP contribution in [0.25, 0.3) is 5.57 Å². The van der Waals surface area contributed by atoms with Crippen LogP contribution in [0.1, 0.15) is 12.5 Å². The molecule has 7 heteroatoms. The first-order valence-corrected chi connectivity index (χ1v) is 8.36. The number of piperazine rings is 1. The Labute approximate surface area is 143 Å². The molecule has 0 atom stereocenters. The van der Waals surface area contributed by atoms with E-state index in [9.17, 15) is 9.59 Å². The first kappa shape index (κ1) is 15.9. The molecule has 2 aliphatic rings. The Morgan fingerprint density at radius 3 is 2.78 bits per heavy atom. The first-order chi connectivity index (χ1) is 11.1. The van der Waals surface area contributed by atoms with Gasteiger partial charge in [-0.3, -0.25) is 4.79 Å². The molecule has 1 saturated heterocycles. The summed E-state index contributed by atoms with van der Waals surface area (Å²) in [5.74, 6) is -0.0917. The molecule has 2 amide bonds. The molecule has 0 aromatic heterocycles. The van der Waals surface area contributed by atoms with Gasteiger partial charge in [0.1, 0.15) is 0 Å². The lowest BCUT2D eigenvalue weighted by Gasteiger charge is -2.33. The summed E-state index contributed by atoms with van der Waals surface area (Å²) in [4.78, 5) is 27.6. The van der Waals surface area contributed by atoms with E-state index in [4.69, 9.17) is 4.74 Å². The van der Waals surface area contributed by atoms with E-state index in [0.717, 1.165) is 15.7 Å². The lowest BCUT2D eigenvalue weighted by Crippen LogP contribution is -2.47. The fourth-order valence-corrected chi connectivity index (χ4v) is 3.08. The van der Waals surface area contributed by atoms with Crippen molar-refractivity contribution in [3.05, 3.63) is 34.4 Å². The second-order valence-corrected chi connectivity index (χ2v) is 6.32. The van der Waals surface area contributed by atoms with Gasteiger partial charge in [0.05, 0.1) is 12.2 Å². The van der Waals surface area contributed by atoms with Gasteiger partial charge in [0, 0.05) is 48.1 Å². The van der Waals surface area contributed by atoms with Crippen molar-refractivity contribution in [2.45, 2.75) is 6.92 Å². The van der Waals surface area contributed by atoms with Crippen molar-refractivity contribution >= 4 is 39.2 Å². The molecule has 122 valence electrons.